The van der Waals surface area contributed by atoms with Crippen molar-refractivity contribution in [2.75, 3.05) is 5.73 Å². The summed E-state index contributed by atoms with van der Waals surface area (Å²) >= 11 is 0. The van der Waals surface area contributed by atoms with Gasteiger partial charge in [-0.05, 0) is 26.3 Å². The number of nitrogens with two attached hydrogens (primary N) is 1. The van der Waals surface area contributed by atoms with Crippen molar-refractivity contribution in [1.29, 1.82) is 0 Å². The summed E-state index contributed by atoms with van der Waals surface area (Å²) < 4.78 is 1.96. The molecule has 1 heterocycles. The van der Waals surface area contributed by atoms with E-state index >= 15 is 0 Å². The molecule has 2 N–H and O–H groups in total. The van der Waals surface area contributed by atoms with Gasteiger partial charge in [0, 0.05) is 0 Å². The monoisotopic (exact) mass is 215 g/mol. The lowest BCUT2D eigenvalue weighted by atomic mass is 10.1. The minimum Gasteiger partial charge on any atom is -0.396 e. The first-order valence-corrected chi connectivity index (χ1v) is 5.43. The number of aromatic nitrogens is 2. The average molecular weight is 215 g/mol. The highest BCUT2D eigenvalue weighted by Gasteiger charge is 2.07. The molecule has 2 aromatic rings. The molecule has 0 atom stereocenters. The molecule has 0 aliphatic heterocycles. The number of nitrogen functional groups attached to an aromatic ring is 1. The molecular formula is C13H17N3. The normalized spacial score (nSPS) is 10.7. The Hall–Kier alpha value is -1.77. The molecule has 0 aliphatic carbocycles. The molecule has 3 heteroatoms. The number of aryl methyl sites for hydroxylation is 2. The molecule has 0 aliphatic rings. The summed E-state index contributed by atoms with van der Waals surface area (Å²) in [6.07, 6.45) is 0. The number of anilines is 1. The zero-order valence-corrected chi connectivity index (χ0v) is 9.99. The van der Waals surface area contributed by atoms with Crippen molar-refractivity contribution in [2.24, 2.45) is 0 Å². The maximum absolute atomic E-state index is 5.90. The van der Waals surface area contributed by atoms with Gasteiger partial charge < -0.3 is 5.73 Å². The Balaban J connectivity index is 2.30. The highest BCUT2D eigenvalue weighted by Crippen LogP contribution is 2.16. The van der Waals surface area contributed by atoms with Gasteiger partial charge in [0.1, 0.15) is 0 Å². The lowest BCUT2D eigenvalue weighted by Gasteiger charge is -2.05. The number of hydrogen-bond acceptors (Lipinski definition) is 2. The van der Waals surface area contributed by atoms with Crippen LogP contribution in [0.4, 0.5) is 5.69 Å². The third-order valence-corrected chi connectivity index (χ3v) is 2.85. The molecule has 0 spiro atoms. The van der Waals surface area contributed by atoms with E-state index < -0.39 is 0 Å². The number of hydrogen-bond donors (Lipinski definition) is 1. The minimum atomic E-state index is 0.783. The lowest BCUT2D eigenvalue weighted by molar-refractivity contribution is 0.659. The fraction of sp³-hybridized carbons (Fsp3) is 0.308. The summed E-state index contributed by atoms with van der Waals surface area (Å²) in [7, 11) is 0. The third-order valence-electron chi connectivity index (χ3n) is 2.85. The van der Waals surface area contributed by atoms with Crippen LogP contribution in [0.2, 0.25) is 0 Å². The van der Waals surface area contributed by atoms with Crippen molar-refractivity contribution < 1.29 is 0 Å². The fourth-order valence-electron chi connectivity index (χ4n) is 1.85. The van der Waals surface area contributed by atoms with Crippen LogP contribution >= 0.6 is 0 Å². The Labute approximate surface area is 95.9 Å². The topological polar surface area (TPSA) is 43.8 Å². The molecule has 0 unspecified atom stereocenters. The van der Waals surface area contributed by atoms with Crippen LogP contribution < -0.4 is 5.73 Å². The van der Waals surface area contributed by atoms with E-state index in [1.807, 2.05) is 18.5 Å². The van der Waals surface area contributed by atoms with E-state index in [4.69, 9.17) is 5.73 Å². The van der Waals surface area contributed by atoms with Gasteiger partial charge in [-0.1, -0.05) is 29.8 Å². The second-order valence-electron chi connectivity index (χ2n) is 4.23. The van der Waals surface area contributed by atoms with Crippen molar-refractivity contribution in [3.63, 3.8) is 0 Å². The molecule has 0 saturated carbocycles. The molecule has 0 bridgehead atoms. The second-order valence-corrected chi connectivity index (χ2v) is 4.23. The van der Waals surface area contributed by atoms with E-state index in [-0.39, 0.29) is 0 Å². The Bertz CT molecular complexity index is 512. The summed E-state index contributed by atoms with van der Waals surface area (Å²) in [5.41, 5.74) is 11.2. The number of benzene rings is 1. The maximum atomic E-state index is 5.90. The van der Waals surface area contributed by atoms with Crippen LogP contribution in [0.5, 0.6) is 0 Å². The standard InChI is InChI=1S/C13H17N3/c1-9-5-4-6-12(7-9)8-16-11(3)13(14)10(2)15-16/h4-7H,8,14H2,1-3H3. The smallest absolute Gasteiger partial charge is 0.0826 e. The zero-order chi connectivity index (χ0) is 11.7. The van der Waals surface area contributed by atoms with Gasteiger partial charge in [-0.3, -0.25) is 4.68 Å². The molecule has 0 saturated heterocycles. The van der Waals surface area contributed by atoms with Crippen LogP contribution in [0.1, 0.15) is 22.5 Å². The van der Waals surface area contributed by atoms with E-state index in [0.29, 0.717) is 0 Å². The third kappa shape index (κ3) is 1.94. The molecule has 84 valence electrons. The Kier molecular flexibility index (Phi) is 2.69. The van der Waals surface area contributed by atoms with Crippen LogP contribution in [0.3, 0.4) is 0 Å². The van der Waals surface area contributed by atoms with Gasteiger partial charge in [-0.15, -0.1) is 0 Å². The molecule has 1 aromatic carbocycles. The van der Waals surface area contributed by atoms with Crippen molar-refractivity contribution >= 4 is 5.69 Å². The first kappa shape index (κ1) is 10.7. The van der Waals surface area contributed by atoms with Crippen LogP contribution in [0.25, 0.3) is 0 Å². The van der Waals surface area contributed by atoms with Crippen LogP contribution in [0, 0.1) is 20.8 Å². The van der Waals surface area contributed by atoms with Crippen molar-refractivity contribution in [3.8, 4) is 0 Å². The molecule has 1 aromatic heterocycles. The highest BCUT2D eigenvalue weighted by atomic mass is 15.3. The molecule has 0 radical (unpaired) electrons. The molecule has 2 rings (SSSR count). The van der Waals surface area contributed by atoms with E-state index in [9.17, 15) is 0 Å². The summed E-state index contributed by atoms with van der Waals surface area (Å²) in [6.45, 7) is 6.82. The van der Waals surface area contributed by atoms with Crippen LogP contribution in [-0.2, 0) is 6.54 Å². The zero-order valence-electron chi connectivity index (χ0n) is 9.99. The average Bonchev–Trinajstić information content (AvgIpc) is 2.47. The number of nitrogens with zero attached hydrogens (tertiary/aromatic N) is 2. The fourth-order valence-corrected chi connectivity index (χ4v) is 1.85. The van der Waals surface area contributed by atoms with Gasteiger partial charge in [0.25, 0.3) is 0 Å². The largest absolute Gasteiger partial charge is 0.396 e. The van der Waals surface area contributed by atoms with Crippen molar-refractivity contribution in [2.45, 2.75) is 27.3 Å². The van der Waals surface area contributed by atoms with Gasteiger partial charge in [-0.25, -0.2) is 0 Å². The van der Waals surface area contributed by atoms with Crippen LogP contribution in [-0.4, -0.2) is 9.78 Å². The van der Waals surface area contributed by atoms with E-state index in [2.05, 4.69) is 36.3 Å². The van der Waals surface area contributed by atoms with E-state index in [1.165, 1.54) is 11.1 Å². The predicted octanol–water partition coefficient (Wildman–Crippen LogP) is 2.44. The van der Waals surface area contributed by atoms with E-state index in [0.717, 1.165) is 23.6 Å². The second kappa shape index (κ2) is 4.00. The van der Waals surface area contributed by atoms with Gasteiger partial charge in [0.05, 0.1) is 23.6 Å². The Morgan fingerprint density at radius 1 is 1.25 bits per heavy atom. The lowest BCUT2D eigenvalue weighted by Crippen LogP contribution is -2.04. The molecule has 3 nitrogen and oxygen atoms in total. The molecule has 16 heavy (non-hydrogen) atoms. The predicted molar refractivity (Wildman–Crippen MR) is 66.4 cm³/mol. The quantitative estimate of drug-likeness (QED) is 0.836. The summed E-state index contributed by atoms with van der Waals surface area (Å²) in [6, 6.07) is 8.45. The summed E-state index contributed by atoms with van der Waals surface area (Å²) in [4.78, 5) is 0. The maximum Gasteiger partial charge on any atom is 0.0826 e. The highest BCUT2D eigenvalue weighted by molar-refractivity contribution is 5.47. The first-order valence-electron chi connectivity index (χ1n) is 5.43. The van der Waals surface area contributed by atoms with Gasteiger partial charge in [-0.2, -0.15) is 5.10 Å². The van der Waals surface area contributed by atoms with Gasteiger partial charge in [0.2, 0.25) is 0 Å². The first-order chi connectivity index (χ1) is 7.58. The van der Waals surface area contributed by atoms with E-state index in [1.54, 1.807) is 0 Å². The number of rotatable bonds is 2. The summed E-state index contributed by atoms with van der Waals surface area (Å²) in [5.74, 6) is 0. The SMILES string of the molecule is Cc1cccc(Cn2nc(C)c(N)c2C)c1. The summed E-state index contributed by atoms with van der Waals surface area (Å²) in [5, 5.41) is 4.43. The molecule has 0 amide bonds. The van der Waals surface area contributed by atoms with Gasteiger partial charge >= 0.3 is 0 Å². The molecular weight excluding hydrogens is 198 g/mol. The van der Waals surface area contributed by atoms with Crippen LogP contribution in [0.15, 0.2) is 24.3 Å². The van der Waals surface area contributed by atoms with Gasteiger partial charge in [0.15, 0.2) is 0 Å². The minimum absolute atomic E-state index is 0.783. The Morgan fingerprint density at radius 2 is 2.00 bits per heavy atom. The van der Waals surface area contributed by atoms with Crippen molar-refractivity contribution in [3.05, 3.63) is 46.8 Å². The Morgan fingerprint density at radius 3 is 2.56 bits per heavy atom. The molecule has 0 fully saturated rings. The van der Waals surface area contributed by atoms with Crippen molar-refractivity contribution in [1.82, 2.24) is 9.78 Å².